The molecule has 1 aliphatic carbocycles. The second-order valence-corrected chi connectivity index (χ2v) is 6.21. The van der Waals surface area contributed by atoms with Crippen LogP contribution in [0.2, 0.25) is 0 Å². The summed E-state index contributed by atoms with van der Waals surface area (Å²) in [7, 11) is 0. The summed E-state index contributed by atoms with van der Waals surface area (Å²) >= 11 is 3.43. The normalized spacial score (nSPS) is 15.3. The fraction of sp³-hybridized carbons (Fsp3) is 0.562. The van der Waals surface area contributed by atoms with Crippen LogP contribution >= 0.6 is 15.9 Å². The van der Waals surface area contributed by atoms with Crippen molar-refractivity contribution in [3.63, 3.8) is 0 Å². The summed E-state index contributed by atoms with van der Waals surface area (Å²) in [5.74, 6) is 0.186. The van der Waals surface area contributed by atoms with Gasteiger partial charge in [-0.2, -0.15) is 0 Å². The third kappa shape index (κ3) is 4.14. The Balaban J connectivity index is 1.88. The summed E-state index contributed by atoms with van der Waals surface area (Å²) in [5, 5.41) is 8.98. The first kappa shape index (κ1) is 15.7. The number of nitrogens with zero attached hydrogens (tertiary/aromatic N) is 1. The highest BCUT2D eigenvalue weighted by Gasteiger charge is 2.24. The Bertz CT molecular complexity index is 446. The zero-order valence-electron chi connectivity index (χ0n) is 11.7. The fourth-order valence-electron chi connectivity index (χ4n) is 2.57. The van der Waals surface area contributed by atoms with Crippen LogP contribution in [0.5, 0.6) is 0 Å². The lowest BCUT2D eigenvalue weighted by Crippen LogP contribution is -2.42. The van der Waals surface area contributed by atoms with E-state index in [1.807, 2.05) is 24.3 Å². The molecule has 0 atom stereocenters. The SMILES string of the molecule is O=C(CCN(CCCO)C1CCC1)c1ccccc1Br. The molecule has 0 spiro atoms. The largest absolute Gasteiger partial charge is 0.396 e. The molecule has 1 N–H and O–H groups in total. The third-order valence-electron chi connectivity index (χ3n) is 3.99. The minimum atomic E-state index is 0.186. The topological polar surface area (TPSA) is 40.5 Å². The second kappa shape index (κ2) is 7.91. The monoisotopic (exact) mass is 339 g/mol. The van der Waals surface area contributed by atoms with Gasteiger partial charge in [0.25, 0.3) is 0 Å². The molecule has 0 aromatic heterocycles. The summed E-state index contributed by atoms with van der Waals surface area (Å²) in [6, 6.07) is 8.21. The summed E-state index contributed by atoms with van der Waals surface area (Å²) in [6.45, 7) is 1.91. The first-order valence-electron chi connectivity index (χ1n) is 7.35. The number of carbonyl (C=O) groups is 1. The van der Waals surface area contributed by atoms with Crippen molar-refractivity contribution < 1.29 is 9.90 Å². The first-order chi connectivity index (χ1) is 9.72. The van der Waals surface area contributed by atoms with Gasteiger partial charge in [-0.25, -0.2) is 0 Å². The average Bonchev–Trinajstić information content (AvgIpc) is 2.39. The van der Waals surface area contributed by atoms with E-state index in [1.54, 1.807) is 0 Å². The number of carbonyl (C=O) groups excluding carboxylic acids is 1. The molecule has 2 rings (SSSR count). The zero-order chi connectivity index (χ0) is 14.4. The first-order valence-corrected chi connectivity index (χ1v) is 8.14. The van der Waals surface area contributed by atoms with Gasteiger partial charge in [-0.3, -0.25) is 9.69 Å². The zero-order valence-corrected chi connectivity index (χ0v) is 13.3. The highest BCUT2D eigenvalue weighted by Crippen LogP contribution is 2.25. The fourth-order valence-corrected chi connectivity index (χ4v) is 3.08. The van der Waals surface area contributed by atoms with Crippen molar-refractivity contribution in [2.24, 2.45) is 0 Å². The number of aliphatic hydroxyl groups is 1. The second-order valence-electron chi connectivity index (χ2n) is 5.35. The number of ketones is 1. The molecule has 0 amide bonds. The maximum Gasteiger partial charge on any atom is 0.165 e. The lowest BCUT2D eigenvalue weighted by atomic mass is 9.91. The van der Waals surface area contributed by atoms with Crippen molar-refractivity contribution in [1.29, 1.82) is 0 Å². The molecule has 3 nitrogen and oxygen atoms in total. The number of benzene rings is 1. The third-order valence-corrected chi connectivity index (χ3v) is 4.69. The maximum absolute atomic E-state index is 12.3. The van der Waals surface area contributed by atoms with E-state index in [4.69, 9.17) is 5.11 Å². The van der Waals surface area contributed by atoms with E-state index in [2.05, 4.69) is 20.8 Å². The molecule has 4 heteroatoms. The number of hydrogen-bond acceptors (Lipinski definition) is 3. The van der Waals surface area contributed by atoms with E-state index < -0.39 is 0 Å². The van der Waals surface area contributed by atoms with Gasteiger partial charge in [0.15, 0.2) is 5.78 Å². The molecule has 0 radical (unpaired) electrons. The number of aliphatic hydroxyl groups excluding tert-OH is 1. The van der Waals surface area contributed by atoms with Crippen LogP contribution in [-0.2, 0) is 0 Å². The number of Topliss-reactive ketones (excluding diaryl/α,β-unsaturated/α-hetero) is 1. The molecule has 1 aromatic carbocycles. The summed E-state index contributed by atoms with van der Waals surface area (Å²) < 4.78 is 0.871. The van der Waals surface area contributed by atoms with Crippen LogP contribution in [0, 0.1) is 0 Å². The molecule has 1 aromatic rings. The van der Waals surface area contributed by atoms with Crippen molar-refractivity contribution in [2.45, 2.75) is 38.1 Å². The van der Waals surface area contributed by atoms with Crippen LogP contribution in [-0.4, -0.2) is 41.5 Å². The van der Waals surface area contributed by atoms with Gasteiger partial charge in [-0.15, -0.1) is 0 Å². The van der Waals surface area contributed by atoms with Crippen LogP contribution in [0.15, 0.2) is 28.7 Å². The van der Waals surface area contributed by atoms with Gasteiger partial charge in [-0.1, -0.05) is 40.5 Å². The Labute approximate surface area is 129 Å². The molecule has 20 heavy (non-hydrogen) atoms. The molecule has 0 bridgehead atoms. The van der Waals surface area contributed by atoms with E-state index in [0.717, 1.165) is 29.5 Å². The van der Waals surface area contributed by atoms with Gasteiger partial charge >= 0.3 is 0 Å². The smallest absolute Gasteiger partial charge is 0.165 e. The molecule has 0 aliphatic heterocycles. The number of hydrogen-bond donors (Lipinski definition) is 1. The molecular weight excluding hydrogens is 318 g/mol. The Morgan fingerprint density at radius 2 is 2.05 bits per heavy atom. The van der Waals surface area contributed by atoms with E-state index in [0.29, 0.717) is 12.5 Å². The minimum absolute atomic E-state index is 0.186. The predicted molar refractivity (Wildman–Crippen MR) is 84.0 cm³/mol. The molecule has 0 unspecified atom stereocenters. The highest BCUT2D eigenvalue weighted by molar-refractivity contribution is 9.10. The van der Waals surface area contributed by atoms with E-state index in [9.17, 15) is 4.79 Å². The van der Waals surface area contributed by atoms with Crippen LogP contribution in [0.4, 0.5) is 0 Å². The van der Waals surface area contributed by atoms with Gasteiger partial charge < -0.3 is 5.11 Å². The number of rotatable bonds is 8. The average molecular weight is 340 g/mol. The van der Waals surface area contributed by atoms with Crippen LogP contribution in [0.1, 0.15) is 42.5 Å². The maximum atomic E-state index is 12.3. The van der Waals surface area contributed by atoms with Gasteiger partial charge in [0.1, 0.15) is 0 Å². The molecule has 1 saturated carbocycles. The lowest BCUT2D eigenvalue weighted by molar-refractivity contribution is 0.0887. The Hall–Kier alpha value is -0.710. The van der Waals surface area contributed by atoms with Crippen molar-refractivity contribution in [2.75, 3.05) is 19.7 Å². The molecule has 1 aliphatic rings. The Morgan fingerprint density at radius 1 is 1.30 bits per heavy atom. The quantitative estimate of drug-likeness (QED) is 0.739. The lowest BCUT2D eigenvalue weighted by Gasteiger charge is -2.37. The predicted octanol–water partition coefficient (Wildman–Crippen LogP) is 3.26. The summed E-state index contributed by atoms with van der Waals surface area (Å²) in [5.41, 5.74) is 0.767. The summed E-state index contributed by atoms with van der Waals surface area (Å²) in [4.78, 5) is 14.6. The molecule has 110 valence electrons. The van der Waals surface area contributed by atoms with E-state index >= 15 is 0 Å². The van der Waals surface area contributed by atoms with Crippen molar-refractivity contribution in [3.05, 3.63) is 34.3 Å². The standard InChI is InChI=1S/C16H22BrNO2/c17-15-8-2-1-7-14(15)16(20)9-11-18(10-4-12-19)13-5-3-6-13/h1-2,7-8,13,19H,3-6,9-12H2. The van der Waals surface area contributed by atoms with E-state index in [-0.39, 0.29) is 12.4 Å². The Morgan fingerprint density at radius 3 is 2.65 bits per heavy atom. The Kier molecular flexibility index (Phi) is 6.20. The van der Waals surface area contributed by atoms with Crippen LogP contribution < -0.4 is 0 Å². The van der Waals surface area contributed by atoms with Crippen molar-refractivity contribution >= 4 is 21.7 Å². The van der Waals surface area contributed by atoms with Gasteiger partial charge in [0.05, 0.1) is 0 Å². The molecular formula is C16H22BrNO2. The highest BCUT2D eigenvalue weighted by atomic mass is 79.9. The number of halogens is 1. The van der Waals surface area contributed by atoms with Crippen molar-refractivity contribution in [3.8, 4) is 0 Å². The minimum Gasteiger partial charge on any atom is -0.396 e. The van der Waals surface area contributed by atoms with Gasteiger partial charge in [0.2, 0.25) is 0 Å². The summed E-state index contributed by atoms with van der Waals surface area (Å²) in [6.07, 6.45) is 5.09. The van der Waals surface area contributed by atoms with Gasteiger partial charge in [0, 0.05) is 42.2 Å². The van der Waals surface area contributed by atoms with Crippen LogP contribution in [0.3, 0.4) is 0 Å². The van der Waals surface area contributed by atoms with Crippen LogP contribution in [0.25, 0.3) is 0 Å². The molecule has 1 fully saturated rings. The van der Waals surface area contributed by atoms with Gasteiger partial charge in [-0.05, 0) is 25.3 Å². The molecule has 0 saturated heterocycles. The molecule has 0 heterocycles. The van der Waals surface area contributed by atoms with Crippen molar-refractivity contribution in [1.82, 2.24) is 4.90 Å². The van der Waals surface area contributed by atoms with E-state index in [1.165, 1.54) is 19.3 Å².